The Balaban J connectivity index is 4.96. The van der Waals surface area contributed by atoms with Crippen LogP contribution in [0.25, 0.3) is 0 Å². The Morgan fingerprint density at radius 1 is 1.17 bits per heavy atom. The molecule has 0 heterocycles. The molecule has 0 aliphatic heterocycles. The summed E-state index contributed by atoms with van der Waals surface area (Å²) in [4.78, 5) is 34.7. The number of aliphatic carboxylic acids is 1. The summed E-state index contributed by atoms with van der Waals surface area (Å²) in [5.74, 6) is -3.09. The van der Waals surface area contributed by atoms with Crippen LogP contribution in [-0.2, 0) is 33.4 Å². The molecule has 1 amide bonds. The number of carboxylic acids is 1. The van der Waals surface area contributed by atoms with Gasteiger partial charge in [0.15, 0.2) is 6.10 Å². The normalized spacial score (nSPS) is 15.2. The van der Waals surface area contributed by atoms with Gasteiger partial charge in [0, 0.05) is 18.9 Å². The van der Waals surface area contributed by atoms with Crippen LogP contribution in [0.2, 0.25) is 0 Å². The van der Waals surface area contributed by atoms with E-state index in [0.717, 1.165) is 0 Å². The number of amides is 1. The number of rotatable bonds is 14. The topological polar surface area (TPSA) is 156 Å². The first kappa shape index (κ1) is 27.3. The Kier molecular flexibility index (Phi) is 10.8. The van der Waals surface area contributed by atoms with E-state index in [-0.39, 0.29) is 37.5 Å². The van der Waals surface area contributed by atoms with Crippen molar-refractivity contribution in [2.24, 2.45) is 5.41 Å². The molecule has 0 saturated heterocycles. The van der Waals surface area contributed by atoms with Crippen molar-refractivity contribution in [3.8, 4) is 0 Å². The fourth-order valence-electron chi connectivity index (χ4n) is 2.47. The number of ether oxygens (including phenoxy) is 1. The summed E-state index contributed by atoms with van der Waals surface area (Å²) in [7, 11) is -3.94. The fraction of sp³-hybridized carbons (Fsp3) is 0.833. The molecule has 0 spiro atoms. The van der Waals surface area contributed by atoms with Gasteiger partial charge in [0.1, 0.15) is 0 Å². The first-order valence-corrected chi connectivity index (χ1v) is 11.1. The van der Waals surface area contributed by atoms with Gasteiger partial charge in [0.05, 0.1) is 12.4 Å². The third-order valence-corrected chi connectivity index (χ3v) is 5.70. The molecule has 0 aromatic heterocycles. The molecule has 1 unspecified atom stereocenters. The lowest BCUT2D eigenvalue weighted by Crippen LogP contribution is -2.49. The average molecular weight is 440 g/mol. The maximum Gasteiger partial charge on any atom is 0.348 e. The highest BCUT2D eigenvalue weighted by atomic mass is 32.2. The molecule has 0 aliphatic carbocycles. The molecule has 0 fully saturated rings. The largest absolute Gasteiger partial charge is 0.478 e. The summed E-state index contributed by atoms with van der Waals surface area (Å²) in [6, 6.07) is 0. The van der Waals surface area contributed by atoms with Crippen molar-refractivity contribution in [1.82, 2.24) is 5.32 Å². The number of aliphatic hydroxyl groups is 1. The number of esters is 1. The van der Waals surface area contributed by atoms with Gasteiger partial charge >= 0.3 is 11.9 Å². The number of carbonyl (C=O) groups excluding carboxylic acids is 2. The van der Waals surface area contributed by atoms with Crippen molar-refractivity contribution < 1.29 is 41.9 Å². The van der Waals surface area contributed by atoms with Gasteiger partial charge < -0.3 is 20.3 Å². The number of hydrogen-bond donors (Lipinski definition) is 3. The Morgan fingerprint density at radius 2 is 1.76 bits per heavy atom. The standard InChI is InChI=1S/C18H33NO9S/c1-6-9-18(7-2,16(23)24)28-15(22)14(21)17(4,5)12-27-29(25,26)11-8-10-19-13(3)20/h14,21H,6-12H2,1-5H3,(H,19,20)(H,23,24)/t14-,18?/m0/s1. The van der Waals surface area contributed by atoms with Crippen molar-refractivity contribution in [3.05, 3.63) is 0 Å². The molecular formula is C18H33NO9S. The molecule has 0 bridgehead atoms. The van der Waals surface area contributed by atoms with Crippen molar-refractivity contribution in [1.29, 1.82) is 0 Å². The lowest BCUT2D eigenvalue weighted by atomic mass is 9.87. The lowest BCUT2D eigenvalue weighted by Gasteiger charge is -2.33. The highest BCUT2D eigenvalue weighted by molar-refractivity contribution is 7.86. The Labute approximate surface area is 172 Å². The molecule has 0 aliphatic rings. The van der Waals surface area contributed by atoms with Crippen molar-refractivity contribution in [3.63, 3.8) is 0 Å². The molecule has 2 atom stereocenters. The van der Waals surface area contributed by atoms with E-state index in [2.05, 4.69) is 5.32 Å². The van der Waals surface area contributed by atoms with Crippen LogP contribution in [0.5, 0.6) is 0 Å². The molecule has 170 valence electrons. The Morgan fingerprint density at radius 3 is 2.21 bits per heavy atom. The van der Waals surface area contributed by atoms with Gasteiger partial charge in [-0.1, -0.05) is 34.1 Å². The second-order valence-electron chi connectivity index (χ2n) is 7.58. The highest BCUT2D eigenvalue weighted by Gasteiger charge is 2.44. The summed E-state index contributed by atoms with van der Waals surface area (Å²) in [6.07, 6.45) is -1.10. The zero-order chi connectivity index (χ0) is 22.9. The second-order valence-corrected chi connectivity index (χ2v) is 9.34. The van der Waals surface area contributed by atoms with Gasteiger partial charge in [-0.25, -0.2) is 9.59 Å². The van der Waals surface area contributed by atoms with Crippen molar-refractivity contribution in [2.45, 2.75) is 72.0 Å². The van der Waals surface area contributed by atoms with E-state index in [4.69, 9.17) is 8.92 Å². The maximum atomic E-state index is 12.4. The first-order chi connectivity index (χ1) is 13.2. The predicted octanol–water partition coefficient (Wildman–Crippen LogP) is 0.823. The second kappa shape index (κ2) is 11.5. The monoisotopic (exact) mass is 439 g/mol. The number of carboxylic acid groups (broad SMARTS) is 1. The van der Waals surface area contributed by atoms with E-state index in [1.807, 2.05) is 0 Å². The molecule has 0 saturated carbocycles. The first-order valence-electron chi connectivity index (χ1n) is 9.49. The third kappa shape index (κ3) is 9.09. The maximum absolute atomic E-state index is 12.4. The third-order valence-electron chi connectivity index (χ3n) is 4.43. The molecule has 0 aromatic carbocycles. The SMILES string of the molecule is CCCC(CC)(OC(=O)[C@H](O)C(C)(C)COS(=O)(=O)CCCNC(C)=O)C(=O)O. The molecule has 0 aromatic rings. The summed E-state index contributed by atoms with van der Waals surface area (Å²) >= 11 is 0. The van der Waals surface area contributed by atoms with E-state index < -0.39 is 45.8 Å². The minimum Gasteiger partial charge on any atom is -0.478 e. The smallest absolute Gasteiger partial charge is 0.348 e. The molecule has 11 heteroatoms. The average Bonchev–Trinajstić information content (AvgIpc) is 2.62. The van der Waals surface area contributed by atoms with Crippen molar-refractivity contribution >= 4 is 28.0 Å². The molecule has 0 rings (SSSR count). The van der Waals surface area contributed by atoms with Crippen LogP contribution in [0.3, 0.4) is 0 Å². The Bertz CT molecular complexity index is 675. The Hall–Kier alpha value is -1.72. The zero-order valence-corrected chi connectivity index (χ0v) is 18.5. The lowest BCUT2D eigenvalue weighted by molar-refractivity contribution is -0.191. The van der Waals surface area contributed by atoms with Crippen LogP contribution in [0.1, 0.15) is 60.3 Å². The highest BCUT2D eigenvalue weighted by Crippen LogP contribution is 2.28. The quantitative estimate of drug-likeness (QED) is 0.202. The molecule has 0 radical (unpaired) electrons. The van der Waals surface area contributed by atoms with Crippen LogP contribution >= 0.6 is 0 Å². The van der Waals surface area contributed by atoms with Gasteiger partial charge in [-0.3, -0.25) is 8.98 Å². The number of aliphatic hydroxyl groups excluding tert-OH is 1. The summed E-state index contributed by atoms with van der Waals surface area (Å²) in [5.41, 5.74) is -3.11. The van der Waals surface area contributed by atoms with Crippen molar-refractivity contribution in [2.75, 3.05) is 18.9 Å². The molecule has 10 nitrogen and oxygen atoms in total. The van der Waals surface area contributed by atoms with Crippen LogP contribution in [0.15, 0.2) is 0 Å². The van der Waals surface area contributed by atoms with E-state index >= 15 is 0 Å². The van der Waals surface area contributed by atoms with Crippen LogP contribution < -0.4 is 5.32 Å². The van der Waals surface area contributed by atoms with Crippen LogP contribution in [-0.4, -0.2) is 67.1 Å². The van der Waals surface area contributed by atoms with Gasteiger partial charge in [-0.05, 0) is 19.3 Å². The molecule has 29 heavy (non-hydrogen) atoms. The van der Waals surface area contributed by atoms with Gasteiger partial charge in [0.25, 0.3) is 10.1 Å². The fourth-order valence-corrected chi connectivity index (χ4v) is 3.56. The predicted molar refractivity (Wildman–Crippen MR) is 104 cm³/mol. The summed E-state index contributed by atoms with van der Waals surface area (Å²) < 4.78 is 33.9. The summed E-state index contributed by atoms with van der Waals surface area (Å²) in [5, 5.41) is 22.2. The number of carbonyl (C=O) groups is 3. The van der Waals surface area contributed by atoms with E-state index in [1.165, 1.54) is 20.8 Å². The minimum atomic E-state index is -3.94. The zero-order valence-electron chi connectivity index (χ0n) is 17.7. The number of nitrogens with one attached hydrogen (secondary N) is 1. The van der Waals surface area contributed by atoms with E-state index in [9.17, 15) is 33.0 Å². The number of hydrogen-bond acceptors (Lipinski definition) is 8. The van der Waals surface area contributed by atoms with Gasteiger partial charge in [-0.15, -0.1) is 0 Å². The van der Waals surface area contributed by atoms with E-state index in [0.29, 0.717) is 6.42 Å². The van der Waals surface area contributed by atoms with Gasteiger partial charge in [-0.2, -0.15) is 8.42 Å². The van der Waals surface area contributed by atoms with E-state index in [1.54, 1.807) is 13.8 Å². The van der Waals surface area contributed by atoms with Crippen LogP contribution in [0, 0.1) is 5.41 Å². The molecular weight excluding hydrogens is 406 g/mol. The minimum absolute atomic E-state index is 0.0221. The molecule has 3 N–H and O–H groups in total. The summed E-state index contributed by atoms with van der Waals surface area (Å²) in [6.45, 7) is 7.08. The van der Waals surface area contributed by atoms with Gasteiger partial charge in [0.2, 0.25) is 11.5 Å². The van der Waals surface area contributed by atoms with Crippen LogP contribution in [0.4, 0.5) is 0 Å².